The molecule has 0 aliphatic rings. The van der Waals surface area contributed by atoms with Crippen molar-refractivity contribution in [3.8, 4) is 5.75 Å². The van der Waals surface area contributed by atoms with Gasteiger partial charge in [0.15, 0.2) is 0 Å². The fourth-order valence-electron chi connectivity index (χ4n) is 2.31. The van der Waals surface area contributed by atoms with Crippen LogP contribution in [0.4, 0.5) is 5.69 Å². The molecule has 0 saturated carbocycles. The first-order valence-electron chi connectivity index (χ1n) is 6.50. The second kappa shape index (κ2) is 5.77. The molecule has 1 aromatic heterocycles. The van der Waals surface area contributed by atoms with Crippen molar-refractivity contribution in [2.45, 2.75) is 26.8 Å². The van der Waals surface area contributed by atoms with Gasteiger partial charge in [0.25, 0.3) is 5.56 Å². The van der Waals surface area contributed by atoms with Gasteiger partial charge in [-0.15, -0.1) is 0 Å². The van der Waals surface area contributed by atoms with Crippen molar-refractivity contribution in [3.05, 3.63) is 51.7 Å². The van der Waals surface area contributed by atoms with Crippen LogP contribution >= 0.6 is 0 Å². The van der Waals surface area contributed by atoms with Gasteiger partial charge in [-0.25, -0.2) is 4.98 Å². The van der Waals surface area contributed by atoms with E-state index in [4.69, 9.17) is 4.74 Å². The van der Waals surface area contributed by atoms with Crippen molar-refractivity contribution in [2.24, 2.45) is 0 Å². The fourth-order valence-corrected chi connectivity index (χ4v) is 2.31. The monoisotopic (exact) mass is 273 g/mol. The topological polar surface area (TPSA) is 67.0 Å². The van der Waals surface area contributed by atoms with Crippen molar-refractivity contribution in [1.82, 2.24) is 9.97 Å². The summed E-state index contributed by atoms with van der Waals surface area (Å²) in [7, 11) is 1.62. The van der Waals surface area contributed by atoms with E-state index in [0.29, 0.717) is 11.4 Å². The molecule has 1 atom stereocenters. The van der Waals surface area contributed by atoms with Gasteiger partial charge in [0.05, 0.1) is 30.1 Å². The molecule has 2 rings (SSSR count). The average molecular weight is 273 g/mol. The van der Waals surface area contributed by atoms with E-state index >= 15 is 0 Å². The Morgan fingerprint density at radius 1 is 1.30 bits per heavy atom. The van der Waals surface area contributed by atoms with Gasteiger partial charge < -0.3 is 15.0 Å². The number of aromatic nitrogens is 2. The maximum absolute atomic E-state index is 12.1. The Balaban J connectivity index is 2.33. The Labute approximate surface area is 118 Å². The number of rotatable bonds is 4. The Kier molecular flexibility index (Phi) is 4.08. The van der Waals surface area contributed by atoms with Crippen molar-refractivity contribution in [1.29, 1.82) is 0 Å². The first-order chi connectivity index (χ1) is 9.52. The molecule has 5 nitrogen and oxygen atoms in total. The number of aryl methyl sites for hydroxylation is 2. The highest BCUT2D eigenvalue weighted by Gasteiger charge is 2.15. The largest absolute Gasteiger partial charge is 0.495 e. The lowest BCUT2D eigenvalue weighted by molar-refractivity contribution is 0.416. The summed E-state index contributed by atoms with van der Waals surface area (Å²) in [5.74, 6) is 1.37. The van der Waals surface area contributed by atoms with Crippen LogP contribution in [0.5, 0.6) is 5.75 Å². The highest BCUT2D eigenvalue weighted by molar-refractivity contribution is 5.57. The van der Waals surface area contributed by atoms with Gasteiger partial charge in [0.2, 0.25) is 0 Å². The smallest absolute Gasteiger partial charge is 0.256 e. The molecule has 20 heavy (non-hydrogen) atoms. The van der Waals surface area contributed by atoms with Crippen LogP contribution in [-0.4, -0.2) is 17.1 Å². The Morgan fingerprint density at radius 2 is 2.00 bits per heavy atom. The normalized spacial score (nSPS) is 12.0. The highest BCUT2D eigenvalue weighted by atomic mass is 16.5. The molecule has 1 heterocycles. The quantitative estimate of drug-likeness (QED) is 0.898. The zero-order valence-corrected chi connectivity index (χ0v) is 12.2. The lowest BCUT2D eigenvalue weighted by atomic mass is 10.1. The number of benzene rings is 1. The maximum atomic E-state index is 12.1. The Morgan fingerprint density at radius 3 is 2.65 bits per heavy atom. The Hall–Kier alpha value is -2.30. The molecule has 0 radical (unpaired) electrons. The number of hydrogen-bond acceptors (Lipinski definition) is 4. The summed E-state index contributed by atoms with van der Waals surface area (Å²) in [5.41, 5.74) is 2.12. The van der Waals surface area contributed by atoms with Crippen LogP contribution in [0.1, 0.15) is 30.0 Å². The SMILES string of the molecule is COc1ccccc1NC(C)c1c(C)nc(C)[nH]c1=O. The summed E-state index contributed by atoms with van der Waals surface area (Å²) in [6, 6.07) is 7.45. The van der Waals surface area contributed by atoms with E-state index < -0.39 is 0 Å². The van der Waals surface area contributed by atoms with Gasteiger partial charge in [-0.1, -0.05) is 12.1 Å². The first kappa shape index (κ1) is 14.1. The van der Waals surface area contributed by atoms with Crippen LogP contribution in [0.25, 0.3) is 0 Å². The number of nitrogens with one attached hydrogen (secondary N) is 2. The minimum absolute atomic E-state index is 0.107. The van der Waals surface area contributed by atoms with E-state index in [9.17, 15) is 4.79 Å². The summed E-state index contributed by atoms with van der Waals surface area (Å²) in [6.45, 7) is 5.55. The molecule has 0 aliphatic carbocycles. The second-order valence-corrected chi connectivity index (χ2v) is 4.72. The van der Waals surface area contributed by atoms with E-state index in [1.807, 2.05) is 38.1 Å². The average Bonchev–Trinajstić information content (AvgIpc) is 2.38. The van der Waals surface area contributed by atoms with Crippen LogP contribution < -0.4 is 15.6 Å². The number of ether oxygens (including phenoxy) is 1. The van der Waals surface area contributed by atoms with E-state index in [1.165, 1.54) is 0 Å². The predicted molar refractivity (Wildman–Crippen MR) is 79.4 cm³/mol. The van der Waals surface area contributed by atoms with Gasteiger partial charge in [-0.2, -0.15) is 0 Å². The van der Waals surface area contributed by atoms with Crippen LogP contribution in [0.3, 0.4) is 0 Å². The number of anilines is 1. The molecule has 106 valence electrons. The molecular weight excluding hydrogens is 254 g/mol. The first-order valence-corrected chi connectivity index (χ1v) is 6.50. The number of aromatic amines is 1. The zero-order valence-electron chi connectivity index (χ0n) is 12.2. The van der Waals surface area contributed by atoms with Gasteiger partial charge in [-0.05, 0) is 32.9 Å². The Bertz CT molecular complexity index is 664. The summed E-state index contributed by atoms with van der Waals surface area (Å²) in [5, 5.41) is 3.29. The molecule has 0 saturated heterocycles. The molecule has 1 aromatic carbocycles. The molecule has 0 bridgehead atoms. The van der Waals surface area contributed by atoms with Crippen LogP contribution in [0, 0.1) is 13.8 Å². The van der Waals surface area contributed by atoms with Crippen LogP contribution in [-0.2, 0) is 0 Å². The summed E-state index contributed by atoms with van der Waals surface area (Å²) >= 11 is 0. The van der Waals surface area contributed by atoms with E-state index in [-0.39, 0.29) is 11.6 Å². The molecule has 2 N–H and O–H groups in total. The zero-order chi connectivity index (χ0) is 14.7. The van der Waals surface area contributed by atoms with Gasteiger partial charge in [-0.3, -0.25) is 4.79 Å². The number of nitrogens with zero attached hydrogens (tertiary/aromatic N) is 1. The highest BCUT2D eigenvalue weighted by Crippen LogP contribution is 2.27. The van der Waals surface area contributed by atoms with Gasteiger partial charge >= 0.3 is 0 Å². The molecule has 0 aliphatic heterocycles. The fraction of sp³-hybridized carbons (Fsp3) is 0.333. The third kappa shape index (κ3) is 2.82. The van der Waals surface area contributed by atoms with E-state index in [0.717, 1.165) is 17.1 Å². The van der Waals surface area contributed by atoms with Crippen molar-refractivity contribution in [3.63, 3.8) is 0 Å². The van der Waals surface area contributed by atoms with Gasteiger partial charge in [0, 0.05) is 0 Å². The van der Waals surface area contributed by atoms with Crippen LogP contribution in [0.15, 0.2) is 29.1 Å². The van der Waals surface area contributed by atoms with Gasteiger partial charge in [0.1, 0.15) is 11.6 Å². The minimum Gasteiger partial charge on any atom is -0.495 e. The molecule has 0 spiro atoms. The van der Waals surface area contributed by atoms with Crippen molar-refractivity contribution in [2.75, 3.05) is 12.4 Å². The molecule has 0 fully saturated rings. The summed E-state index contributed by atoms with van der Waals surface area (Å²) in [4.78, 5) is 19.1. The molecule has 2 aromatic rings. The minimum atomic E-state index is -0.164. The number of para-hydroxylation sites is 2. The predicted octanol–water partition coefficient (Wildman–Crippen LogP) is 2.57. The summed E-state index contributed by atoms with van der Waals surface area (Å²) < 4.78 is 5.30. The number of hydrogen-bond donors (Lipinski definition) is 2. The third-order valence-corrected chi connectivity index (χ3v) is 3.18. The van der Waals surface area contributed by atoms with Crippen molar-refractivity contribution >= 4 is 5.69 Å². The molecule has 5 heteroatoms. The van der Waals surface area contributed by atoms with E-state index in [2.05, 4.69) is 15.3 Å². The third-order valence-electron chi connectivity index (χ3n) is 3.18. The second-order valence-electron chi connectivity index (χ2n) is 4.72. The lowest BCUT2D eigenvalue weighted by Gasteiger charge is -2.18. The number of methoxy groups -OCH3 is 1. The molecular formula is C15H19N3O2. The van der Waals surface area contributed by atoms with E-state index in [1.54, 1.807) is 14.0 Å². The maximum Gasteiger partial charge on any atom is 0.256 e. The summed E-state index contributed by atoms with van der Waals surface area (Å²) in [6.07, 6.45) is 0. The number of H-pyrrole nitrogens is 1. The molecule has 1 unspecified atom stereocenters. The van der Waals surface area contributed by atoms with Crippen LogP contribution in [0.2, 0.25) is 0 Å². The lowest BCUT2D eigenvalue weighted by Crippen LogP contribution is -2.23. The van der Waals surface area contributed by atoms with Crippen molar-refractivity contribution < 1.29 is 4.74 Å². The molecule has 0 amide bonds. The standard InChI is InChI=1S/C15H19N3O2/c1-9-14(15(19)18-11(3)16-9)10(2)17-12-7-5-6-8-13(12)20-4/h5-8,10,17H,1-4H3,(H,16,18,19).